The summed E-state index contributed by atoms with van der Waals surface area (Å²) in [5.41, 5.74) is 2.04. The third-order valence-electron chi connectivity index (χ3n) is 1.63. The number of ether oxygens (including phenoxy) is 1. The third kappa shape index (κ3) is 1.80. The Hall–Kier alpha value is -0.950. The maximum absolute atomic E-state index is 5.97. The number of halogens is 1. The Morgan fingerprint density at radius 1 is 1.33 bits per heavy atom. The summed E-state index contributed by atoms with van der Waals surface area (Å²) < 4.78 is 5.13. The molecule has 0 heterocycles. The van der Waals surface area contributed by atoms with Crippen molar-refractivity contribution in [3.63, 3.8) is 0 Å². The van der Waals surface area contributed by atoms with Crippen LogP contribution in [-0.2, 0) is 0 Å². The molecule has 0 atom stereocenters. The van der Waals surface area contributed by atoms with Crippen LogP contribution in [0.5, 0.6) is 5.75 Å². The maximum atomic E-state index is 5.97. The minimum absolute atomic E-state index is 0.782. The first-order valence-corrected chi connectivity index (χ1v) is 4.07. The van der Waals surface area contributed by atoms with Gasteiger partial charge in [-0.25, -0.2) is 0 Å². The Labute approximate surface area is 77.6 Å². The fraction of sp³-hybridized carbons (Fsp3) is 0.200. The van der Waals surface area contributed by atoms with Gasteiger partial charge in [0.25, 0.3) is 0 Å². The fourth-order valence-electron chi connectivity index (χ4n) is 1.07. The highest BCUT2D eigenvalue weighted by Crippen LogP contribution is 2.25. The zero-order chi connectivity index (χ0) is 9.14. The van der Waals surface area contributed by atoms with Crippen molar-refractivity contribution >= 4 is 11.6 Å². The Morgan fingerprint density at radius 3 is 2.25 bits per heavy atom. The molecule has 0 bridgehead atoms. The predicted molar refractivity (Wildman–Crippen MR) is 51.8 cm³/mol. The third-order valence-corrected chi connectivity index (χ3v) is 2.23. The highest BCUT2D eigenvalue weighted by atomic mass is 35.5. The summed E-state index contributed by atoms with van der Waals surface area (Å²) in [6.07, 6.45) is 1.40. The van der Waals surface area contributed by atoms with Crippen molar-refractivity contribution in [1.29, 1.82) is 0 Å². The van der Waals surface area contributed by atoms with Gasteiger partial charge >= 0.3 is 0 Å². The summed E-state index contributed by atoms with van der Waals surface area (Å²) in [7, 11) is 0. The van der Waals surface area contributed by atoms with Gasteiger partial charge in [-0.3, -0.25) is 0 Å². The van der Waals surface area contributed by atoms with Crippen LogP contribution in [0.25, 0.3) is 0 Å². The number of benzene rings is 1. The van der Waals surface area contributed by atoms with E-state index < -0.39 is 0 Å². The molecule has 0 unspecified atom stereocenters. The van der Waals surface area contributed by atoms with E-state index in [-0.39, 0.29) is 0 Å². The van der Waals surface area contributed by atoms with E-state index in [0.717, 1.165) is 21.9 Å². The van der Waals surface area contributed by atoms with Crippen molar-refractivity contribution in [2.24, 2.45) is 0 Å². The zero-order valence-corrected chi connectivity index (χ0v) is 7.98. The average Bonchev–Trinajstić information content (AvgIpc) is 2.01. The second-order valence-corrected chi connectivity index (χ2v) is 3.03. The monoisotopic (exact) mass is 182 g/mol. The van der Waals surface area contributed by atoms with E-state index in [1.54, 1.807) is 0 Å². The highest BCUT2D eigenvalue weighted by Gasteiger charge is 2.01. The molecule has 1 rings (SSSR count). The van der Waals surface area contributed by atoms with Crippen LogP contribution in [0, 0.1) is 13.8 Å². The number of rotatable bonds is 2. The van der Waals surface area contributed by atoms with Gasteiger partial charge in [-0.2, -0.15) is 0 Å². The van der Waals surface area contributed by atoms with Crippen LogP contribution in [0.15, 0.2) is 25.0 Å². The summed E-state index contributed by atoms with van der Waals surface area (Å²) in [6.45, 7) is 7.38. The molecular weight excluding hydrogens is 172 g/mol. The molecule has 0 saturated heterocycles. The molecule has 0 spiro atoms. The van der Waals surface area contributed by atoms with Crippen LogP contribution in [-0.4, -0.2) is 0 Å². The van der Waals surface area contributed by atoms with Crippen LogP contribution in [0.2, 0.25) is 5.02 Å². The molecule has 64 valence electrons. The van der Waals surface area contributed by atoms with Crippen molar-refractivity contribution in [1.82, 2.24) is 0 Å². The lowest BCUT2D eigenvalue weighted by atomic mass is 10.1. The second-order valence-electron chi connectivity index (χ2n) is 2.66. The van der Waals surface area contributed by atoms with Gasteiger partial charge in [0, 0.05) is 5.02 Å². The smallest absolute Gasteiger partial charge is 0.127 e. The van der Waals surface area contributed by atoms with Gasteiger partial charge < -0.3 is 4.74 Å². The lowest BCUT2D eigenvalue weighted by molar-refractivity contribution is 0.482. The van der Waals surface area contributed by atoms with E-state index >= 15 is 0 Å². The van der Waals surface area contributed by atoms with Gasteiger partial charge in [0.1, 0.15) is 5.75 Å². The SMILES string of the molecule is C=COc1cc(C)c(Cl)c(C)c1. The first-order valence-electron chi connectivity index (χ1n) is 3.69. The van der Waals surface area contributed by atoms with Crippen molar-refractivity contribution in [3.8, 4) is 5.75 Å². The molecule has 0 aliphatic carbocycles. The van der Waals surface area contributed by atoms with Gasteiger partial charge in [-0.1, -0.05) is 18.2 Å². The highest BCUT2D eigenvalue weighted by molar-refractivity contribution is 6.32. The van der Waals surface area contributed by atoms with Crippen LogP contribution >= 0.6 is 11.6 Å². The summed E-state index contributed by atoms with van der Waals surface area (Å²) in [5.74, 6) is 0.782. The molecule has 0 amide bonds. The minimum Gasteiger partial charge on any atom is -0.466 e. The second kappa shape index (κ2) is 3.63. The van der Waals surface area contributed by atoms with Crippen molar-refractivity contribution in [3.05, 3.63) is 41.1 Å². The molecule has 0 aliphatic rings. The summed E-state index contributed by atoms with van der Waals surface area (Å²) >= 11 is 5.97. The van der Waals surface area contributed by atoms with E-state index in [9.17, 15) is 0 Å². The van der Waals surface area contributed by atoms with Gasteiger partial charge in [0.2, 0.25) is 0 Å². The predicted octanol–water partition coefficient (Wildman–Crippen LogP) is 3.48. The maximum Gasteiger partial charge on any atom is 0.127 e. The molecule has 0 N–H and O–H groups in total. The van der Waals surface area contributed by atoms with Crippen molar-refractivity contribution in [2.75, 3.05) is 0 Å². The molecule has 0 aromatic heterocycles. The van der Waals surface area contributed by atoms with E-state index in [1.807, 2.05) is 26.0 Å². The summed E-state index contributed by atoms with van der Waals surface area (Å²) in [4.78, 5) is 0. The molecule has 1 nitrogen and oxygen atoms in total. The molecule has 1 aromatic rings. The molecule has 12 heavy (non-hydrogen) atoms. The van der Waals surface area contributed by atoms with E-state index in [2.05, 4.69) is 6.58 Å². The molecule has 0 radical (unpaired) electrons. The Kier molecular flexibility index (Phi) is 2.77. The van der Waals surface area contributed by atoms with Gasteiger partial charge in [0.15, 0.2) is 0 Å². The van der Waals surface area contributed by atoms with E-state index in [0.29, 0.717) is 0 Å². The Morgan fingerprint density at radius 2 is 1.83 bits per heavy atom. The topological polar surface area (TPSA) is 9.23 Å². The Bertz CT molecular complexity index is 282. The molecule has 0 saturated carbocycles. The molecule has 2 heteroatoms. The number of aryl methyl sites for hydroxylation is 2. The van der Waals surface area contributed by atoms with E-state index in [4.69, 9.17) is 16.3 Å². The quantitative estimate of drug-likeness (QED) is 0.637. The van der Waals surface area contributed by atoms with Gasteiger partial charge in [0.05, 0.1) is 6.26 Å². The molecule has 1 aromatic carbocycles. The number of hydrogen-bond acceptors (Lipinski definition) is 1. The lowest BCUT2D eigenvalue weighted by Crippen LogP contribution is -1.86. The molecular formula is C10H11ClO. The van der Waals surface area contributed by atoms with Crippen molar-refractivity contribution < 1.29 is 4.74 Å². The molecule has 0 aliphatic heterocycles. The Balaban J connectivity index is 3.11. The van der Waals surface area contributed by atoms with Gasteiger partial charge in [-0.05, 0) is 37.1 Å². The number of hydrogen-bond donors (Lipinski definition) is 0. The lowest BCUT2D eigenvalue weighted by Gasteiger charge is -2.05. The first-order chi connectivity index (χ1) is 5.65. The largest absolute Gasteiger partial charge is 0.466 e. The van der Waals surface area contributed by atoms with Crippen LogP contribution in [0.4, 0.5) is 0 Å². The fourth-order valence-corrected chi connectivity index (χ4v) is 1.18. The normalized spacial score (nSPS) is 9.58. The molecule has 0 fully saturated rings. The van der Waals surface area contributed by atoms with Gasteiger partial charge in [-0.15, -0.1) is 0 Å². The average molecular weight is 183 g/mol. The van der Waals surface area contributed by atoms with Crippen LogP contribution in [0.3, 0.4) is 0 Å². The summed E-state index contributed by atoms with van der Waals surface area (Å²) in [6, 6.07) is 3.77. The first kappa shape index (κ1) is 9.14. The standard InChI is InChI=1S/C10H11ClO/c1-4-12-9-5-7(2)10(11)8(3)6-9/h4-6H,1H2,2-3H3. The zero-order valence-electron chi connectivity index (χ0n) is 7.23. The van der Waals surface area contributed by atoms with Crippen LogP contribution < -0.4 is 4.74 Å². The minimum atomic E-state index is 0.782. The summed E-state index contributed by atoms with van der Waals surface area (Å²) in [5, 5.41) is 0.798. The van der Waals surface area contributed by atoms with Crippen molar-refractivity contribution in [2.45, 2.75) is 13.8 Å². The van der Waals surface area contributed by atoms with Crippen LogP contribution in [0.1, 0.15) is 11.1 Å². The van der Waals surface area contributed by atoms with E-state index in [1.165, 1.54) is 6.26 Å².